The fourth-order valence-corrected chi connectivity index (χ4v) is 4.52. The Kier molecular flexibility index (Phi) is 6.97. The number of nitrogens with zero attached hydrogens (tertiary/aromatic N) is 1. The number of aliphatic hydroxyl groups is 1. The number of morpholine rings is 1. The van der Waals surface area contributed by atoms with Crippen molar-refractivity contribution < 1.29 is 24.1 Å². The highest BCUT2D eigenvalue weighted by atomic mass is 35.5. The highest BCUT2D eigenvalue weighted by Crippen LogP contribution is 2.49. The van der Waals surface area contributed by atoms with E-state index in [1.54, 1.807) is 25.3 Å². The minimum absolute atomic E-state index is 0.407. The first-order chi connectivity index (χ1) is 17.1. The van der Waals surface area contributed by atoms with Crippen molar-refractivity contribution in [2.75, 3.05) is 46.6 Å². The molecule has 1 N–H and O–H groups in total. The molecule has 6 nitrogen and oxygen atoms in total. The van der Waals surface area contributed by atoms with Gasteiger partial charge in [0.2, 0.25) is 0 Å². The van der Waals surface area contributed by atoms with Crippen LogP contribution >= 0.6 is 11.6 Å². The van der Waals surface area contributed by atoms with E-state index in [1.807, 2.05) is 54.6 Å². The number of rotatable bonds is 7. The van der Waals surface area contributed by atoms with Gasteiger partial charge < -0.3 is 24.1 Å². The van der Waals surface area contributed by atoms with Crippen LogP contribution in [-0.2, 0) is 10.3 Å². The van der Waals surface area contributed by atoms with Gasteiger partial charge in [0.25, 0.3) is 0 Å². The summed E-state index contributed by atoms with van der Waals surface area (Å²) in [6, 6.07) is 20.3. The lowest BCUT2D eigenvalue weighted by Crippen LogP contribution is -2.38. The van der Waals surface area contributed by atoms with E-state index in [-0.39, 0.29) is 0 Å². The topological polar surface area (TPSA) is 60.4 Å². The predicted molar refractivity (Wildman–Crippen MR) is 135 cm³/mol. The van der Waals surface area contributed by atoms with E-state index in [9.17, 15) is 5.11 Å². The van der Waals surface area contributed by atoms with Gasteiger partial charge in [-0.2, -0.15) is 0 Å². The normalized spacial score (nSPS) is 20.9. The maximum atomic E-state index is 12.1. The molecule has 2 aliphatic heterocycles. The first-order valence-corrected chi connectivity index (χ1v) is 12.0. The van der Waals surface area contributed by atoms with Crippen molar-refractivity contribution in [1.82, 2.24) is 4.90 Å². The van der Waals surface area contributed by atoms with Gasteiger partial charge in [-0.15, -0.1) is 0 Å². The van der Waals surface area contributed by atoms with Gasteiger partial charge in [0.05, 0.1) is 20.3 Å². The van der Waals surface area contributed by atoms with E-state index < -0.39 is 5.60 Å². The lowest BCUT2D eigenvalue weighted by molar-refractivity contribution is 0.0322. The Morgan fingerprint density at radius 2 is 1.71 bits per heavy atom. The van der Waals surface area contributed by atoms with Gasteiger partial charge >= 0.3 is 0 Å². The van der Waals surface area contributed by atoms with Crippen molar-refractivity contribution >= 4 is 17.7 Å². The number of methoxy groups -OCH3 is 1. The minimum Gasteiger partial charge on any atom is -0.497 e. The second kappa shape index (κ2) is 10.3. The molecule has 182 valence electrons. The van der Waals surface area contributed by atoms with E-state index in [0.717, 1.165) is 44.2 Å². The van der Waals surface area contributed by atoms with Crippen LogP contribution in [-0.4, -0.2) is 56.6 Å². The van der Waals surface area contributed by atoms with Gasteiger partial charge in [-0.1, -0.05) is 35.9 Å². The third-order valence-corrected chi connectivity index (χ3v) is 6.63. The molecule has 2 aliphatic rings. The second-order valence-electron chi connectivity index (χ2n) is 8.56. The van der Waals surface area contributed by atoms with Crippen molar-refractivity contribution in [3.63, 3.8) is 0 Å². The number of fused-ring (bicyclic) bond motifs is 1. The molecule has 0 amide bonds. The predicted octanol–water partition coefficient (Wildman–Crippen LogP) is 4.73. The minimum atomic E-state index is -1.46. The smallest absolute Gasteiger partial charge is 0.176 e. The molecule has 2 heterocycles. The summed E-state index contributed by atoms with van der Waals surface area (Å²) < 4.78 is 22.9. The zero-order valence-corrected chi connectivity index (χ0v) is 20.3. The number of benzene rings is 3. The molecule has 35 heavy (non-hydrogen) atoms. The summed E-state index contributed by atoms with van der Waals surface area (Å²) in [5, 5.41) is 12.7. The van der Waals surface area contributed by atoms with Gasteiger partial charge in [-0.25, -0.2) is 0 Å². The Morgan fingerprint density at radius 3 is 2.43 bits per heavy atom. The number of hydrogen-bond acceptors (Lipinski definition) is 6. The third-order valence-electron chi connectivity index (χ3n) is 6.37. The van der Waals surface area contributed by atoms with Crippen LogP contribution < -0.4 is 14.2 Å². The lowest BCUT2D eigenvalue weighted by atomic mass is 9.85. The summed E-state index contributed by atoms with van der Waals surface area (Å²) in [6.07, 6.45) is 1.83. The van der Waals surface area contributed by atoms with E-state index in [2.05, 4.69) is 4.90 Å². The fourth-order valence-electron chi connectivity index (χ4n) is 4.39. The van der Waals surface area contributed by atoms with Crippen molar-refractivity contribution in [2.45, 2.75) is 5.60 Å². The molecule has 1 saturated heterocycles. The van der Waals surface area contributed by atoms with E-state index >= 15 is 0 Å². The average molecular weight is 494 g/mol. The summed E-state index contributed by atoms with van der Waals surface area (Å²) in [5.41, 5.74) is 0.737. The zero-order chi connectivity index (χ0) is 24.3. The van der Waals surface area contributed by atoms with E-state index in [0.29, 0.717) is 40.0 Å². The Bertz CT molecular complexity index is 1190. The quantitative estimate of drug-likeness (QED) is 0.513. The summed E-state index contributed by atoms with van der Waals surface area (Å²) in [5.74, 6) is 2.37. The van der Waals surface area contributed by atoms with E-state index in [1.165, 1.54) is 0 Å². The monoisotopic (exact) mass is 493 g/mol. The first kappa shape index (κ1) is 23.7. The molecule has 5 rings (SSSR count). The lowest BCUT2D eigenvalue weighted by Gasteiger charge is -2.26. The first-order valence-electron chi connectivity index (χ1n) is 11.7. The summed E-state index contributed by atoms with van der Waals surface area (Å²) in [4.78, 5) is 2.33. The molecule has 1 unspecified atom stereocenters. The Balaban J connectivity index is 1.41. The maximum Gasteiger partial charge on any atom is 0.176 e. The molecule has 1 atom stereocenters. The number of hydrogen-bond donors (Lipinski definition) is 1. The number of ether oxygens (including phenoxy) is 4. The molecule has 0 bridgehead atoms. The molecule has 0 aliphatic carbocycles. The van der Waals surface area contributed by atoms with Crippen LogP contribution in [0.5, 0.6) is 17.2 Å². The van der Waals surface area contributed by atoms with Crippen LogP contribution in [0.2, 0.25) is 5.02 Å². The SMILES string of the molecule is COc1ccc2c(c1)O/C(=C\c1ccc(Cl)cc1)C2(O)c1ccc(OCCN2CCOCC2)cc1. The molecule has 3 aromatic carbocycles. The van der Waals surface area contributed by atoms with Gasteiger partial charge in [0.1, 0.15) is 29.6 Å². The molecule has 7 heteroatoms. The molecule has 0 saturated carbocycles. The van der Waals surface area contributed by atoms with Gasteiger partial charge in [0.15, 0.2) is 5.60 Å². The Hall–Kier alpha value is -3.03. The second-order valence-corrected chi connectivity index (χ2v) is 9.00. The highest BCUT2D eigenvalue weighted by Gasteiger charge is 2.45. The maximum absolute atomic E-state index is 12.1. The number of halogens is 1. The van der Waals surface area contributed by atoms with Crippen LogP contribution in [0.4, 0.5) is 0 Å². The zero-order valence-electron chi connectivity index (χ0n) is 19.6. The largest absolute Gasteiger partial charge is 0.497 e. The molecular formula is C28H28ClNO5. The van der Waals surface area contributed by atoms with Crippen LogP contribution in [0.25, 0.3) is 6.08 Å². The Labute approximate surface area is 210 Å². The highest BCUT2D eigenvalue weighted by molar-refractivity contribution is 6.30. The molecule has 0 spiro atoms. The van der Waals surface area contributed by atoms with Crippen molar-refractivity contribution in [1.29, 1.82) is 0 Å². The molecule has 0 aromatic heterocycles. The molecular weight excluding hydrogens is 466 g/mol. The Morgan fingerprint density at radius 1 is 1.00 bits per heavy atom. The summed E-state index contributed by atoms with van der Waals surface area (Å²) in [7, 11) is 1.60. The average Bonchev–Trinajstić information content (AvgIpc) is 3.17. The van der Waals surface area contributed by atoms with Crippen LogP contribution in [0.3, 0.4) is 0 Å². The third kappa shape index (κ3) is 5.02. The standard InChI is InChI=1S/C28H28ClNO5/c1-32-24-10-11-25-26(19-24)35-27(18-20-2-6-22(29)7-3-20)28(25,31)21-4-8-23(9-5-21)34-17-14-30-12-15-33-16-13-30/h2-11,18-19,31H,12-17H2,1H3/b27-18-. The summed E-state index contributed by atoms with van der Waals surface area (Å²) >= 11 is 6.05. The molecule has 1 fully saturated rings. The fraction of sp³-hybridized carbons (Fsp3) is 0.286. The van der Waals surface area contributed by atoms with Gasteiger partial charge in [-0.05, 0) is 53.6 Å². The van der Waals surface area contributed by atoms with Crippen LogP contribution in [0, 0.1) is 0 Å². The molecule has 0 radical (unpaired) electrons. The summed E-state index contributed by atoms with van der Waals surface area (Å²) in [6.45, 7) is 4.86. The van der Waals surface area contributed by atoms with Gasteiger partial charge in [-0.3, -0.25) is 4.90 Å². The van der Waals surface area contributed by atoms with Crippen molar-refractivity contribution in [3.8, 4) is 17.2 Å². The molecule has 3 aromatic rings. The van der Waals surface area contributed by atoms with E-state index in [4.69, 9.17) is 30.5 Å². The van der Waals surface area contributed by atoms with Crippen LogP contribution in [0.15, 0.2) is 72.5 Å². The van der Waals surface area contributed by atoms with Gasteiger partial charge in [0, 0.05) is 36.3 Å². The van der Waals surface area contributed by atoms with Crippen molar-refractivity contribution in [2.24, 2.45) is 0 Å². The van der Waals surface area contributed by atoms with Crippen molar-refractivity contribution in [3.05, 3.63) is 94.2 Å². The van der Waals surface area contributed by atoms with Crippen LogP contribution in [0.1, 0.15) is 16.7 Å².